The third-order valence-corrected chi connectivity index (χ3v) is 7.07. The standard InChI is InChI=1S/C19H18O4/c1-7-3-4-9(5-8(7)2)19-17(21)13-11-6-10(15-16(11)22-15)12(13)14(20)18(19)23-19/h3-5,10-13,15-16,18H,6H2,1-2H3/t10-,11-,12-,13-,15-,16+,18-,19-/m1/s1. The van der Waals surface area contributed by atoms with Crippen LogP contribution in [0.3, 0.4) is 0 Å². The van der Waals surface area contributed by atoms with Crippen molar-refractivity contribution in [2.24, 2.45) is 23.7 Å². The minimum absolute atomic E-state index is 0.136. The zero-order valence-corrected chi connectivity index (χ0v) is 13.1. The molecule has 3 saturated carbocycles. The van der Waals surface area contributed by atoms with Crippen LogP contribution >= 0.6 is 0 Å². The van der Waals surface area contributed by atoms with Gasteiger partial charge in [0.1, 0.15) is 0 Å². The second-order valence-electron chi connectivity index (χ2n) is 7.98. The molecule has 0 unspecified atom stereocenters. The van der Waals surface area contributed by atoms with E-state index < -0.39 is 11.7 Å². The molecular formula is C19H18O4. The molecule has 0 spiro atoms. The fraction of sp³-hybridized carbons (Fsp3) is 0.579. The van der Waals surface area contributed by atoms with Gasteiger partial charge in [0.05, 0.1) is 12.2 Å². The molecule has 3 aliphatic carbocycles. The van der Waals surface area contributed by atoms with Gasteiger partial charge in [-0.2, -0.15) is 0 Å². The molecule has 4 nitrogen and oxygen atoms in total. The maximum Gasteiger partial charge on any atom is 0.186 e. The summed E-state index contributed by atoms with van der Waals surface area (Å²) in [6, 6.07) is 5.99. The van der Waals surface area contributed by atoms with Gasteiger partial charge in [-0.05, 0) is 48.8 Å². The number of aryl methyl sites for hydroxylation is 2. The molecule has 0 aromatic heterocycles. The number of ketones is 2. The van der Waals surface area contributed by atoms with Gasteiger partial charge < -0.3 is 9.47 Å². The van der Waals surface area contributed by atoms with Gasteiger partial charge in [-0.3, -0.25) is 9.59 Å². The first-order valence-electron chi connectivity index (χ1n) is 8.53. The molecule has 23 heavy (non-hydrogen) atoms. The van der Waals surface area contributed by atoms with Gasteiger partial charge in [0.2, 0.25) is 0 Å². The summed E-state index contributed by atoms with van der Waals surface area (Å²) in [6.07, 6.45) is 0.892. The van der Waals surface area contributed by atoms with E-state index in [-0.39, 0.29) is 47.4 Å². The first-order chi connectivity index (χ1) is 11.0. The smallest absolute Gasteiger partial charge is 0.186 e. The third kappa shape index (κ3) is 1.26. The predicted octanol–water partition coefficient (Wildman–Crippen LogP) is 1.70. The van der Waals surface area contributed by atoms with Crippen molar-refractivity contribution in [2.75, 3.05) is 0 Å². The zero-order valence-electron chi connectivity index (χ0n) is 13.1. The van der Waals surface area contributed by atoms with Crippen LogP contribution < -0.4 is 0 Å². The number of hydrogen-bond acceptors (Lipinski definition) is 4. The second-order valence-corrected chi connectivity index (χ2v) is 7.98. The Morgan fingerprint density at radius 3 is 2.52 bits per heavy atom. The SMILES string of the molecule is Cc1ccc([C@]23O[C@@H]2C(=O)[C@@H]2[C@H]4C[C@@H]([C@@H]5O[C@H]45)[C@H]2C3=O)cc1C. The van der Waals surface area contributed by atoms with Gasteiger partial charge in [0, 0.05) is 11.8 Å². The Labute approximate surface area is 134 Å². The van der Waals surface area contributed by atoms with E-state index in [9.17, 15) is 9.59 Å². The number of epoxide rings is 2. The summed E-state index contributed by atoms with van der Waals surface area (Å²) in [7, 11) is 0. The quantitative estimate of drug-likeness (QED) is 0.741. The molecule has 5 fully saturated rings. The number of hydrogen-bond donors (Lipinski definition) is 0. The number of benzene rings is 1. The Balaban J connectivity index is 1.47. The molecule has 2 heterocycles. The van der Waals surface area contributed by atoms with E-state index in [4.69, 9.17) is 9.47 Å². The van der Waals surface area contributed by atoms with E-state index in [2.05, 4.69) is 0 Å². The minimum atomic E-state index is -0.994. The molecule has 6 rings (SSSR count). The molecule has 4 heteroatoms. The van der Waals surface area contributed by atoms with Crippen LogP contribution in [0.25, 0.3) is 0 Å². The number of fused-ring (bicyclic) bond motifs is 9. The lowest BCUT2D eigenvalue weighted by atomic mass is 9.64. The Morgan fingerprint density at radius 1 is 1.04 bits per heavy atom. The van der Waals surface area contributed by atoms with E-state index in [1.165, 1.54) is 5.56 Å². The Hall–Kier alpha value is -1.52. The fourth-order valence-electron chi connectivity index (χ4n) is 5.74. The van der Waals surface area contributed by atoms with Crippen LogP contribution in [0.4, 0.5) is 0 Å². The molecule has 0 radical (unpaired) electrons. The molecule has 0 N–H and O–H groups in total. The summed E-state index contributed by atoms with van der Waals surface area (Å²) in [6.45, 7) is 4.08. The predicted molar refractivity (Wildman–Crippen MR) is 79.7 cm³/mol. The van der Waals surface area contributed by atoms with Crippen LogP contribution in [-0.2, 0) is 24.7 Å². The minimum Gasteiger partial charge on any atom is -0.369 e. The molecule has 0 amide bonds. The lowest BCUT2D eigenvalue weighted by Crippen LogP contribution is -2.50. The highest BCUT2D eigenvalue weighted by Crippen LogP contribution is 2.68. The maximum absolute atomic E-state index is 13.3. The summed E-state index contributed by atoms with van der Waals surface area (Å²) in [5.74, 6) is 0.444. The first-order valence-corrected chi connectivity index (χ1v) is 8.53. The molecular weight excluding hydrogens is 292 g/mol. The van der Waals surface area contributed by atoms with Gasteiger partial charge in [-0.15, -0.1) is 0 Å². The average molecular weight is 310 g/mol. The Kier molecular flexibility index (Phi) is 2.01. The Morgan fingerprint density at radius 2 is 1.78 bits per heavy atom. The highest BCUT2D eigenvalue weighted by atomic mass is 16.6. The molecule has 2 aliphatic heterocycles. The number of rotatable bonds is 1. The van der Waals surface area contributed by atoms with Gasteiger partial charge in [0.15, 0.2) is 23.3 Å². The third-order valence-electron chi connectivity index (χ3n) is 7.07. The van der Waals surface area contributed by atoms with Crippen LogP contribution in [-0.4, -0.2) is 29.9 Å². The number of carbonyl (C=O) groups excluding carboxylic acids is 2. The molecule has 118 valence electrons. The van der Waals surface area contributed by atoms with Crippen molar-refractivity contribution in [1.82, 2.24) is 0 Å². The van der Waals surface area contributed by atoms with Crippen LogP contribution in [0, 0.1) is 37.5 Å². The van der Waals surface area contributed by atoms with Crippen molar-refractivity contribution in [3.05, 3.63) is 34.9 Å². The molecule has 2 bridgehead atoms. The van der Waals surface area contributed by atoms with Gasteiger partial charge in [0.25, 0.3) is 0 Å². The summed E-state index contributed by atoms with van der Waals surface area (Å²) >= 11 is 0. The summed E-state index contributed by atoms with van der Waals surface area (Å²) in [4.78, 5) is 26.3. The van der Waals surface area contributed by atoms with Crippen LogP contribution in [0.1, 0.15) is 23.1 Å². The fourth-order valence-corrected chi connectivity index (χ4v) is 5.74. The van der Waals surface area contributed by atoms with Crippen molar-refractivity contribution in [3.8, 4) is 0 Å². The van der Waals surface area contributed by atoms with Crippen molar-refractivity contribution in [2.45, 2.75) is 44.2 Å². The van der Waals surface area contributed by atoms with Gasteiger partial charge in [-0.1, -0.05) is 18.2 Å². The zero-order chi connectivity index (χ0) is 15.7. The summed E-state index contributed by atoms with van der Waals surface area (Å²) in [5.41, 5.74) is 2.18. The normalized spacial score (nSPS) is 51.3. The number of carbonyl (C=O) groups is 2. The lowest BCUT2D eigenvalue weighted by molar-refractivity contribution is -0.140. The van der Waals surface area contributed by atoms with E-state index >= 15 is 0 Å². The summed E-state index contributed by atoms with van der Waals surface area (Å²) in [5, 5.41) is 0. The topological polar surface area (TPSA) is 59.2 Å². The summed E-state index contributed by atoms with van der Waals surface area (Å²) < 4.78 is 11.5. The number of Topliss-reactive ketones (excluding diaryl/α,β-unsaturated/α-hetero) is 2. The van der Waals surface area contributed by atoms with E-state index in [0.29, 0.717) is 0 Å². The van der Waals surface area contributed by atoms with Crippen molar-refractivity contribution >= 4 is 11.6 Å². The highest BCUT2D eigenvalue weighted by molar-refractivity contribution is 6.10. The van der Waals surface area contributed by atoms with Gasteiger partial charge >= 0.3 is 0 Å². The van der Waals surface area contributed by atoms with Gasteiger partial charge in [-0.25, -0.2) is 0 Å². The largest absolute Gasteiger partial charge is 0.369 e. The maximum atomic E-state index is 13.3. The van der Waals surface area contributed by atoms with E-state index in [0.717, 1.165) is 17.5 Å². The molecule has 8 atom stereocenters. The first kappa shape index (κ1) is 12.8. The Bertz CT molecular complexity index is 799. The lowest BCUT2D eigenvalue weighted by Gasteiger charge is -2.32. The molecule has 2 saturated heterocycles. The van der Waals surface area contributed by atoms with Crippen molar-refractivity contribution in [1.29, 1.82) is 0 Å². The molecule has 1 aromatic rings. The van der Waals surface area contributed by atoms with Crippen molar-refractivity contribution < 1.29 is 19.1 Å². The number of ether oxygens (including phenoxy) is 2. The van der Waals surface area contributed by atoms with Crippen LogP contribution in [0.5, 0.6) is 0 Å². The second kappa shape index (κ2) is 3.60. The monoisotopic (exact) mass is 310 g/mol. The average Bonchev–Trinajstić information content (AvgIpc) is 3.43. The van der Waals surface area contributed by atoms with E-state index in [1.807, 2.05) is 32.0 Å². The van der Waals surface area contributed by atoms with Crippen LogP contribution in [0.2, 0.25) is 0 Å². The van der Waals surface area contributed by atoms with Crippen molar-refractivity contribution in [3.63, 3.8) is 0 Å². The highest BCUT2D eigenvalue weighted by Gasteiger charge is 2.81. The van der Waals surface area contributed by atoms with Crippen LogP contribution in [0.15, 0.2) is 18.2 Å². The molecule has 1 aromatic carbocycles. The molecule has 5 aliphatic rings. The van der Waals surface area contributed by atoms with E-state index in [1.54, 1.807) is 0 Å².